The normalized spacial score (nSPS) is 22.7. The van der Waals surface area contributed by atoms with Crippen molar-refractivity contribution in [1.82, 2.24) is 4.90 Å². The van der Waals surface area contributed by atoms with Crippen molar-refractivity contribution in [1.29, 1.82) is 0 Å². The molecule has 0 saturated heterocycles. The van der Waals surface area contributed by atoms with E-state index in [1.54, 1.807) is 7.11 Å². The summed E-state index contributed by atoms with van der Waals surface area (Å²) < 4.78 is 5.31. The number of anilines is 1. The van der Waals surface area contributed by atoms with Gasteiger partial charge in [0.15, 0.2) is 0 Å². The number of methoxy groups -OCH3 is 1. The SMILES string of the molecule is COCCN(CC1CNc2ccccc2C1)C(C)C1CC1. The maximum Gasteiger partial charge on any atom is 0.0589 e. The molecule has 0 bridgehead atoms. The van der Waals surface area contributed by atoms with E-state index in [0.717, 1.165) is 25.6 Å². The Morgan fingerprint density at radius 3 is 2.90 bits per heavy atom. The maximum absolute atomic E-state index is 5.31. The quantitative estimate of drug-likeness (QED) is 0.834. The van der Waals surface area contributed by atoms with Crippen LogP contribution in [0.4, 0.5) is 5.69 Å². The van der Waals surface area contributed by atoms with Crippen molar-refractivity contribution in [2.75, 3.05) is 38.7 Å². The van der Waals surface area contributed by atoms with Gasteiger partial charge in [0.2, 0.25) is 0 Å². The predicted molar refractivity (Wildman–Crippen MR) is 87.8 cm³/mol. The van der Waals surface area contributed by atoms with Crippen molar-refractivity contribution in [2.45, 2.75) is 32.2 Å². The highest BCUT2D eigenvalue weighted by Gasteiger charge is 2.33. The average Bonchev–Trinajstić information content (AvgIpc) is 3.35. The van der Waals surface area contributed by atoms with Crippen LogP contribution in [0.1, 0.15) is 25.3 Å². The third-order valence-electron chi connectivity index (χ3n) is 5.06. The lowest BCUT2D eigenvalue weighted by Gasteiger charge is -2.35. The van der Waals surface area contributed by atoms with E-state index in [0.29, 0.717) is 12.0 Å². The Balaban J connectivity index is 1.60. The van der Waals surface area contributed by atoms with Crippen molar-refractivity contribution in [2.24, 2.45) is 11.8 Å². The first-order valence-corrected chi connectivity index (χ1v) is 8.32. The Kier molecular flexibility index (Phi) is 4.81. The van der Waals surface area contributed by atoms with Gasteiger partial charge < -0.3 is 10.1 Å². The van der Waals surface area contributed by atoms with Crippen LogP contribution < -0.4 is 5.32 Å². The number of nitrogens with zero attached hydrogens (tertiary/aromatic N) is 1. The summed E-state index contributed by atoms with van der Waals surface area (Å²) in [6, 6.07) is 9.43. The minimum Gasteiger partial charge on any atom is -0.384 e. The molecule has 2 unspecified atom stereocenters. The van der Waals surface area contributed by atoms with Gasteiger partial charge in [-0.15, -0.1) is 0 Å². The smallest absolute Gasteiger partial charge is 0.0589 e. The molecule has 1 saturated carbocycles. The third kappa shape index (κ3) is 3.78. The van der Waals surface area contributed by atoms with Gasteiger partial charge in [-0.2, -0.15) is 0 Å². The topological polar surface area (TPSA) is 24.5 Å². The van der Waals surface area contributed by atoms with Crippen LogP contribution in [0.3, 0.4) is 0 Å². The molecule has 21 heavy (non-hydrogen) atoms. The van der Waals surface area contributed by atoms with Gasteiger partial charge in [0.05, 0.1) is 6.61 Å². The molecule has 0 aromatic heterocycles. The Morgan fingerprint density at radius 1 is 1.33 bits per heavy atom. The molecule has 3 nitrogen and oxygen atoms in total. The van der Waals surface area contributed by atoms with E-state index in [2.05, 4.69) is 41.4 Å². The molecule has 0 amide bonds. The maximum atomic E-state index is 5.31. The van der Waals surface area contributed by atoms with Crippen LogP contribution in [0.2, 0.25) is 0 Å². The highest BCUT2D eigenvalue weighted by molar-refractivity contribution is 5.53. The van der Waals surface area contributed by atoms with E-state index in [4.69, 9.17) is 4.74 Å². The van der Waals surface area contributed by atoms with Crippen LogP contribution >= 0.6 is 0 Å². The molecule has 1 heterocycles. The van der Waals surface area contributed by atoms with E-state index in [-0.39, 0.29) is 0 Å². The average molecular weight is 288 g/mol. The molecular weight excluding hydrogens is 260 g/mol. The van der Waals surface area contributed by atoms with Gasteiger partial charge in [0.25, 0.3) is 0 Å². The number of hydrogen-bond donors (Lipinski definition) is 1. The van der Waals surface area contributed by atoms with E-state index >= 15 is 0 Å². The number of hydrogen-bond acceptors (Lipinski definition) is 3. The van der Waals surface area contributed by atoms with Crippen LogP contribution in [0.15, 0.2) is 24.3 Å². The summed E-state index contributed by atoms with van der Waals surface area (Å²) in [7, 11) is 1.80. The van der Waals surface area contributed by atoms with E-state index < -0.39 is 0 Å². The molecule has 1 aliphatic carbocycles. The molecule has 1 fully saturated rings. The number of rotatable bonds is 7. The molecule has 1 N–H and O–H groups in total. The van der Waals surface area contributed by atoms with Gasteiger partial charge in [-0.05, 0) is 49.7 Å². The lowest BCUT2D eigenvalue weighted by molar-refractivity contribution is 0.104. The minimum atomic E-state index is 0.706. The number of nitrogens with one attached hydrogen (secondary N) is 1. The monoisotopic (exact) mass is 288 g/mol. The first-order chi connectivity index (χ1) is 10.3. The highest BCUT2D eigenvalue weighted by Crippen LogP contribution is 2.35. The van der Waals surface area contributed by atoms with Gasteiger partial charge in [-0.3, -0.25) is 4.90 Å². The van der Waals surface area contributed by atoms with Crippen molar-refractivity contribution in [3.05, 3.63) is 29.8 Å². The van der Waals surface area contributed by atoms with E-state index in [9.17, 15) is 0 Å². The van der Waals surface area contributed by atoms with Gasteiger partial charge in [0.1, 0.15) is 0 Å². The zero-order chi connectivity index (χ0) is 14.7. The Bertz CT molecular complexity index is 458. The van der Waals surface area contributed by atoms with Crippen molar-refractivity contribution in [3.63, 3.8) is 0 Å². The van der Waals surface area contributed by atoms with Gasteiger partial charge in [-0.25, -0.2) is 0 Å². The number of para-hydroxylation sites is 1. The second kappa shape index (κ2) is 6.80. The summed E-state index contributed by atoms with van der Waals surface area (Å²) in [4.78, 5) is 2.65. The van der Waals surface area contributed by atoms with E-state index in [1.165, 1.54) is 37.1 Å². The first-order valence-electron chi connectivity index (χ1n) is 8.32. The fourth-order valence-corrected chi connectivity index (χ4v) is 3.52. The Hall–Kier alpha value is -1.06. The molecular formula is C18H28N2O. The van der Waals surface area contributed by atoms with Crippen LogP contribution in [0, 0.1) is 11.8 Å². The fraction of sp³-hybridized carbons (Fsp3) is 0.667. The Morgan fingerprint density at radius 2 is 2.14 bits per heavy atom. The largest absolute Gasteiger partial charge is 0.384 e. The lowest BCUT2D eigenvalue weighted by atomic mass is 9.93. The van der Waals surface area contributed by atoms with Crippen LogP contribution in [0.25, 0.3) is 0 Å². The van der Waals surface area contributed by atoms with E-state index in [1.807, 2.05) is 0 Å². The van der Waals surface area contributed by atoms with Crippen molar-refractivity contribution >= 4 is 5.69 Å². The molecule has 1 aromatic carbocycles. The molecule has 1 aromatic rings. The lowest BCUT2D eigenvalue weighted by Crippen LogP contribution is -2.43. The summed E-state index contributed by atoms with van der Waals surface area (Å²) in [5.74, 6) is 1.63. The van der Waals surface area contributed by atoms with Crippen LogP contribution in [-0.2, 0) is 11.2 Å². The number of fused-ring (bicyclic) bond motifs is 1. The first kappa shape index (κ1) is 14.9. The van der Waals surface area contributed by atoms with Gasteiger partial charge >= 0.3 is 0 Å². The zero-order valence-electron chi connectivity index (χ0n) is 13.3. The Labute approximate surface area is 128 Å². The predicted octanol–water partition coefficient (Wildman–Crippen LogP) is 3.02. The second-order valence-electron chi connectivity index (χ2n) is 6.67. The molecule has 116 valence electrons. The molecule has 3 heteroatoms. The summed E-state index contributed by atoms with van der Waals surface area (Å²) in [5.41, 5.74) is 2.80. The highest BCUT2D eigenvalue weighted by atomic mass is 16.5. The molecule has 3 rings (SSSR count). The molecule has 2 atom stereocenters. The van der Waals surface area contributed by atoms with Crippen molar-refractivity contribution in [3.8, 4) is 0 Å². The molecule has 2 aliphatic rings. The molecule has 0 spiro atoms. The molecule has 1 aliphatic heterocycles. The molecule has 0 radical (unpaired) electrons. The number of ether oxygens (including phenoxy) is 1. The van der Waals surface area contributed by atoms with Crippen LogP contribution in [0.5, 0.6) is 0 Å². The second-order valence-corrected chi connectivity index (χ2v) is 6.67. The minimum absolute atomic E-state index is 0.706. The zero-order valence-corrected chi connectivity index (χ0v) is 13.3. The van der Waals surface area contributed by atoms with Gasteiger partial charge in [-0.1, -0.05) is 18.2 Å². The summed E-state index contributed by atoms with van der Waals surface area (Å²) in [5, 5.41) is 3.60. The standard InChI is InChI=1S/C18H28N2O/c1-14(16-7-8-16)20(9-10-21-2)13-15-11-17-5-3-4-6-18(17)19-12-15/h3-6,14-16,19H,7-13H2,1-2H3. The fourth-order valence-electron chi connectivity index (χ4n) is 3.52. The summed E-state index contributed by atoms with van der Waals surface area (Å²) in [6.07, 6.45) is 4.02. The van der Waals surface area contributed by atoms with Crippen molar-refractivity contribution < 1.29 is 4.74 Å². The van der Waals surface area contributed by atoms with Gasteiger partial charge in [0, 0.05) is 38.5 Å². The van der Waals surface area contributed by atoms with Crippen LogP contribution in [-0.4, -0.2) is 44.3 Å². The summed E-state index contributed by atoms with van der Waals surface area (Å²) >= 11 is 0. The summed E-state index contributed by atoms with van der Waals surface area (Å²) in [6.45, 7) is 6.58. The third-order valence-corrected chi connectivity index (χ3v) is 5.06. The number of benzene rings is 1.